The molecule has 2 amide bonds. The lowest BCUT2D eigenvalue weighted by Gasteiger charge is -2.07. The van der Waals surface area contributed by atoms with Gasteiger partial charge in [-0.1, -0.05) is 6.07 Å². The summed E-state index contributed by atoms with van der Waals surface area (Å²) in [5.41, 5.74) is 0.511. The number of hydrogen-bond donors (Lipinski definition) is 3. The molecule has 1 aromatic carbocycles. The molecule has 1 heterocycles. The summed E-state index contributed by atoms with van der Waals surface area (Å²) in [4.78, 5) is 22.5. The van der Waals surface area contributed by atoms with E-state index in [2.05, 4.69) is 20.8 Å². The SMILES string of the molecule is Cn1cnnc1CNC(=O)Nc1cccc(C(=O)O)c1. The Labute approximate surface area is 114 Å². The molecule has 2 aromatic rings. The van der Waals surface area contributed by atoms with E-state index >= 15 is 0 Å². The van der Waals surface area contributed by atoms with Gasteiger partial charge in [-0.25, -0.2) is 9.59 Å². The summed E-state index contributed by atoms with van der Waals surface area (Å²) in [6.07, 6.45) is 1.53. The molecule has 20 heavy (non-hydrogen) atoms. The van der Waals surface area contributed by atoms with Gasteiger partial charge in [-0.05, 0) is 18.2 Å². The highest BCUT2D eigenvalue weighted by Gasteiger charge is 2.07. The number of nitrogens with one attached hydrogen (secondary N) is 2. The minimum absolute atomic E-state index is 0.108. The standard InChI is InChI=1S/C12H13N5O3/c1-17-7-14-16-10(17)6-13-12(20)15-9-4-2-3-8(5-9)11(18)19/h2-5,7H,6H2,1H3,(H,18,19)(H2,13,15,20). The van der Waals surface area contributed by atoms with Crippen molar-refractivity contribution < 1.29 is 14.7 Å². The fraction of sp³-hybridized carbons (Fsp3) is 0.167. The number of carboxylic acid groups (broad SMARTS) is 1. The normalized spacial score (nSPS) is 10.1. The number of aromatic nitrogens is 3. The van der Waals surface area contributed by atoms with Crippen LogP contribution in [0.25, 0.3) is 0 Å². The maximum Gasteiger partial charge on any atom is 0.335 e. The average Bonchev–Trinajstić information content (AvgIpc) is 2.82. The Morgan fingerprint density at radius 2 is 2.20 bits per heavy atom. The van der Waals surface area contributed by atoms with Crippen LogP contribution < -0.4 is 10.6 Å². The molecule has 0 fully saturated rings. The smallest absolute Gasteiger partial charge is 0.335 e. The van der Waals surface area contributed by atoms with E-state index in [4.69, 9.17) is 5.11 Å². The number of aromatic carboxylic acids is 1. The summed E-state index contributed by atoms with van der Waals surface area (Å²) in [6.45, 7) is 0.223. The van der Waals surface area contributed by atoms with E-state index in [1.807, 2.05) is 0 Å². The molecule has 0 bridgehead atoms. The van der Waals surface area contributed by atoms with Crippen LogP contribution in [0.3, 0.4) is 0 Å². The number of carboxylic acids is 1. The summed E-state index contributed by atoms with van der Waals surface area (Å²) < 4.78 is 1.69. The highest BCUT2D eigenvalue weighted by Crippen LogP contribution is 2.10. The third-order valence-electron chi connectivity index (χ3n) is 2.58. The molecule has 0 aliphatic heterocycles. The molecule has 0 saturated heterocycles. The molecule has 2 rings (SSSR count). The van der Waals surface area contributed by atoms with Crippen LogP contribution >= 0.6 is 0 Å². The van der Waals surface area contributed by atoms with Crippen molar-refractivity contribution in [2.24, 2.45) is 7.05 Å². The molecule has 1 aromatic heterocycles. The molecule has 8 heteroatoms. The second kappa shape index (κ2) is 5.83. The van der Waals surface area contributed by atoms with Crippen LogP contribution in [-0.2, 0) is 13.6 Å². The van der Waals surface area contributed by atoms with E-state index in [0.717, 1.165) is 0 Å². The van der Waals surface area contributed by atoms with Gasteiger partial charge in [0.2, 0.25) is 0 Å². The molecular formula is C12H13N5O3. The van der Waals surface area contributed by atoms with Crippen LogP contribution in [-0.4, -0.2) is 31.9 Å². The average molecular weight is 275 g/mol. The predicted molar refractivity (Wildman–Crippen MR) is 70.3 cm³/mol. The van der Waals surface area contributed by atoms with Crippen LogP contribution in [0, 0.1) is 0 Å². The van der Waals surface area contributed by atoms with Gasteiger partial charge in [0.15, 0.2) is 5.82 Å². The molecule has 0 saturated carbocycles. The van der Waals surface area contributed by atoms with Crippen molar-refractivity contribution in [2.75, 3.05) is 5.32 Å². The Morgan fingerprint density at radius 1 is 1.40 bits per heavy atom. The van der Waals surface area contributed by atoms with Gasteiger partial charge in [0.1, 0.15) is 6.33 Å². The molecule has 0 aliphatic rings. The topological polar surface area (TPSA) is 109 Å². The Kier molecular flexibility index (Phi) is 3.94. The van der Waals surface area contributed by atoms with Crippen LogP contribution in [0.2, 0.25) is 0 Å². The quantitative estimate of drug-likeness (QED) is 0.765. The molecule has 8 nitrogen and oxygen atoms in total. The first-order valence-electron chi connectivity index (χ1n) is 5.77. The fourth-order valence-electron chi connectivity index (χ4n) is 1.53. The summed E-state index contributed by atoms with van der Waals surface area (Å²) in [6, 6.07) is 5.54. The van der Waals surface area contributed by atoms with Gasteiger partial charge in [-0.2, -0.15) is 0 Å². The first-order valence-corrected chi connectivity index (χ1v) is 5.77. The van der Waals surface area contributed by atoms with Crippen LogP contribution in [0.1, 0.15) is 16.2 Å². The number of aryl methyl sites for hydroxylation is 1. The highest BCUT2D eigenvalue weighted by atomic mass is 16.4. The Bertz CT molecular complexity index is 638. The van der Waals surface area contributed by atoms with E-state index in [-0.39, 0.29) is 12.1 Å². The van der Waals surface area contributed by atoms with E-state index in [1.165, 1.54) is 18.5 Å². The Hall–Kier alpha value is -2.90. The second-order valence-electron chi connectivity index (χ2n) is 4.05. The van der Waals surface area contributed by atoms with Crippen LogP contribution in [0.15, 0.2) is 30.6 Å². The van der Waals surface area contributed by atoms with Gasteiger partial charge in [0.25, 0.3) is 0 Å². The number of urea groups is 1. The lowest BCUT2D eigenvalue weighted by Crippen LogP contribution is -2.29. The van der Waals surface area contributed by atoms with Crippen molar-refractivity contribution in [3.63, 3.8) is 0 Å². The molecule has 0 aliphatic carbocycles. The molecule has 3 N–H and O–H groups in total. The number of hydrogen-bond acceptors (Lipinski definition) is 4. The maximum absolute atomic E-state index is 11.7. The summed E-state index contributed by atoms with van der Waals surface area (Å²) in [5, 5.41) is 21.5. The zero-order valence-electron chi connectivity index (χ0n) is 10.7. The Morgan fingerprint density at radius 3 is 2.85 bits per heavy atom. The summed E-state index contributed by atoms with van der Waals surface area (Å²) >= 11 is 0. The first-order chi connectivity index (χ1) is 9.56. The summed E-state index contributed by atoms with van der Waals surface area (Å²) in [7, 11) is 1.77. The van der Waals surface area contributed by atoms with Crippen molar-refractivity contribution in [3.8, 4) is 0 Å². The van der Waals surface area contributed by atoms with E-state index in [9.17, 15) is 9.59 Å². The van der Waals surface area contributed by atoms with E-state index in [0.29, 0.717) is 11.5 Å². The molecule has 104 valence electrons. The number of carbonyl (C=O) groups is 2. The van der Waals surface area contributed by atoms with Gasteiger partial charge in [-0.15, -0.1) is 10.2 Å². The second-order valence-corrected chi connectivity index (χ2v) is 4.05. The zero-order chi connectivity index (χ0) is 14.5. The van der Waals surface area contributed by atoms with Gasteiger partial charge >= 0.3 is 12.0 Å². The van der Waals surface area contributed by atoms with Crippen molar-refractivity contribution in [1.29, 1.82) is 0 Å². The largest absolute Gasteiger partial charge is 0.478 e. The first kappa shape index (κ1) is 13.5. The van der Waals surface area contributed by atoms with Gasteiger partial charge in [-0.3, -0.25) is 0 Å². The molecule has 0 spiro atoms. The predicted octanol–water partition coefficient (Wildman–Crippen LogP) is 0.835. The third kappa shape index (κ3) is 3.31. The van der Waals surface area contributed by atoms with Crippen molar-refractivity contribution >= 4 is 17.7 Å². The van der Waals surface area contributed by atoms with E-state index < -0.39 is 12.0 Å². The number of nitrogens with zero attached hydrogens (tertiary/aromatic N) is 3. The van der Waals surface area contributed by atoms with Crippen molar-refractivity contribution in [3.05, 3.63) is 42.0 Å². The monoisotopic (exact) mass is 275 g/mol. The number of anilines is 1. The number of rotatable bonds is 4. The lowest BCUT2D eigenvalue weighted by atomic mass is 10.2. The summed E-state index contributed by atoms with van der Waals surface area (Å²) in [5.74, 6) is -0.437. The zero-order valence-corrected chi connectivity index (χ0v) is 10.7. The minimum Gasteiger partial charge on any atom is -0.478 e. The minimum atomic E-state index is -1.05. The third-order valence-corrected chi connectivity index (χ3v) is 2.58. The lowest BCUT2D eigenvalue weighted by molar-refractivity contribution is 0.0697. The van der Waals surface area contributed by atoms with Gasteiger partial charge in [0.05, 0.1) is 12.1 Å². The number of amides is 2. The maximum atomic E-state index is 11.7. The number of benzene rings is 1. The Balaban J connectivity index is 1.93. The molecule has 0 atom stereocenters. The van der Waals surface area contributed by atoms with Gasteiger partial charge < -0.3 is 20.3 Å². The fourth-order valence-corrected chi connectivity index (χ4v) is 1.53. The molecular weight excluding hydrogens is 262 g/mol. The van der Waals surface area contributed by atoms with Gasteiger partial charge in [0, 0.05) is 12.7 Å². The van der Waals surface area contributed by atoms with E-state index in [1.54, 1.807) is 23.7 Å². The molecule has 0 unspecified atom stereocenters. The van der Waals surface area contributed by atoms with Crippen LogP contribution in [0.5, 0.6) is 0 Å². The molecule has 0 radical (unpaired) electrons. The van der Waals surface area contributed by atoms with Crippen LogP contribution in [0.4, 0.5) is 10.5 Å². The van der Waals surface area contributed by atoms with Crippen molar-refractivity contribution in [2.45, 2.75) is 6.54 Å². The van der Waals surface area contributed by atoms with Crippen molar-refractivity contribution in [1.82, 2.24) is 20.1 Å². The highest BCUT2D eigenvalue weighted by molar-refractivity contribution is 5.93. The number of carbonyl (C=O) groups excluding carboxylic acids is 1.